The van der Waals surface area contributed by atoms with Crippen molar-refractivity contribution in [3.05, 3.63) is 17.0 Å². The maximum absolute atomic E-state index is 12.4. The Hall–Kier alpha value is -1.36. The second-order valence-electron chi connectivity index (χ2n) is 7.04. The molecule has 1 aliphatic carbocycles. The minimum Gasteiger partial charge on any atom is -0.360 e. The molecule has 1 aromatic heterocycles. The zero-order valence-electron chi connectivity index (χ0n) is 15.0. The summed E-state index contributed by atoms with van der Waals surface area (Å²) in [4.78, 5) is 14.8. The molecule has 0 radical (unpaired) electrons. The SMILES string of the molecule is Cc1noc(C(C)C)c1C(=O)NCCCN(C)C1CCCCC1. The van der Waals surface area contributed by atoms with Crippen LogP contribution in [0.25, 0.3) is 0 Å². The zero-order valence-corrected chi connectivity index (χ0v) is 15.0. The fraction of sp³-hybridized carbons (Fsp3) is 0.778. The van der Waals surface area contributed by atoms with Crippen molar-refractivity contribution in [3.63, 3.8) is 0 Å². The van der Waals surface area contributed by atoms with Gasteiger partial charge in [0.25, 0.3) is 5.91 Å². The van der Waals surface area contributed by atoms with Gasteiger partial charge in [-0.3, -0.25) is 4.79 Å². The molecule has 1 fully saturated rings. The molecule has 23 heavy (non-hydrogen) atoms. The van der Waals surface area contributed by atoms with Crippen LogP contribution in [0.1, 0.15) is 80.1 Å². The Balaban J connectivity index is 1.75. The molecule has 130 valence electrons. The number of aromatic nitrogens is 1. The van der Waals surface area contributed by atoms with Gasteiger partial charge in [0.15, 0.2) is 5.76 Å². The Bertz CT molecular complexity index is 504. The quantitative estimate of drug-likeness (QED) is 0.781. The number of nitrogens with zero attached hydrogens (tertiary/aromatic N) is 2. The second-order valence-corrected chi connectivity index (χ2v) is 7.04. The molecule has 0 saturated heterocycles. The molecular weight excluding hydrogens is 290 g/mol. The lowest BCUT2D eigenvalue weighted by Crippen LogP contribution is -2.36. The van der Waals surface area contributed by atoms with E-state index in [9.17, 15) is 4.79 Å². The number of carbonyl (C=O) groups excluding carboxylic acids is 1. The van der Waals surface area contributed by atoms with Gasteiger partial charge in [0.1, 0.15) is 5.56 Å². The van der Waals surface area contributed by atoms with Gasteiger partial charge in [0.2, 0.25) is 0 Å². The van der Waals surface area contributed by atoms with Crippen molar-refractivity contribution in [1.82, 2.24) is 15.4 Å². The van der Waals surface area contributed by atoms with E-state index in [2.05, 4.69) is 22.4 Å². The summed E-state index contributed by atoms with van der Waals surface area (Å²) in [6, 6.07) is 0.729. The van der Waals surface area contributed by atoms with Gasteiger partial charge in [0.05, 0.1) is 5.69 Å². The van der Waals surface area contributed by atoms with Crippen molar-refractivity contribution in [2.75, 3.05) is 20.1 Å². The van der Waals surface area contributed by atoms with Crippen molar-refractivity contribution in [3.8, 4) is 0 Å². The Morgan fingerprint density at radius 3 is 2.70 bits per heavy atom. The molecule has 0 spiro atoms. The highest BCUT2D eigenvalue weighted by Gasteiger charge is 2.22. The lowest BCUT2D eigenvalue weighted by atomic mass is 9.94. The monoisotopic (exact) mass is 321 g/mol. The Morgan fingerprint density at radius 2 is 2.04 bits per heavy atom. The summed E-state index contributed by atoms with van der Waals surface area (Å²) in [7, 11) is 2.21. The predicted octanol–water partition coefficient (Wildman–Crippen LogP) is 3.49. The first-order chi connectivity index (χ1) is 11.0. The summed E-state index contributed by atoms with van der Waals surface area (Å²) in [6.07, 6.45) is 7.71. The number of nitrogens with one attached hydrogen (secondary N) is 1. The van der Waals surface area contributed by atoms with Crippen LogP contribution in [0.5, 0.6) is 0 Å². The lowest BCUT2D eigenvalue weighted by Gasteiger charge is -2.31. The van der Waals surface area contributed by atoms with E-state index in [1.165, 1.54) is 32.1 Å². The third-order valence-electron chi connectivity index (χ3n) is 4.81. The van der Waals surface area contributed by atoms with Crippen LogP contribution in [0.3, 0.4) is 0 Å². The van der Waals surface area contributed by atoms with Crippen LogP contribution >= 0.6 is 0 Å². The summed E-state index contributed by atoms with van der Waals surface area (Å²) >= 11 is 0. The van der Waals surface area contributed by atoms with Crippen LogP contribution < -0.4 is 5.32 Å². The normalized spacial score (nSPS) is 16.3. The van der Waals surface area contributed by atoms with E-state index in [1.54, 1.807) is 0 Å². The molecule has 2 rings (SSSR count). The highest BCUT2D eigenvalue weighted by molar-refractivity contribution is 5.96. The fourth-order valence-electron chi connectivity index (χ4n) is 3.38. The minimum atomic E-state index is -0.0623. The topological polar surface area (TPSA) is 58.4 Å². The van der Waals surface area contributed by atoms with E-state index >= 15 is 0 Å². The van der Waals surface area contributed by atoms with Crippen LogP contribution in [0.4, 0.5) is 0 Å². The maximum Gasteiger partial charge on any atom is 0.256 e. The van der Waals surface area contributed by atoms with E-state index in [4.69, 9.17) is 4.52 Å². The molecule has 5 heteroatoms. The molecule has 1 saturated carbocycles. The van der Waals surface area contributed by atoms with Gasteiger partial charge in [-0.15, -0.1) is 0 Å². The maximum atomic E-state index is 12.4. The number of carbonyl (C=O) groups is 1. The van der Waals surface area contributed by atoms with Crippen molar-refractivity contribution in [1.29, 1.82) is 0 Å². The predicted molar refractivity (Wildman–Crippen MR) is 91.8 cm³/mol. The smallest absolute Gasteiger partial charge is 0.256 e. The molecule has 0 aliphatic heterocycles. The highest BCUT2D eigenvalue weighted by atomic mass is 16.5. The molecule has 0 unspecified atom stereocenters. The molecular formula is C18H31N3O2. The van der Waals surface area contributed by atoms with Gasteiger partial charge < -0.3 is 14.7 Å². The first-order valence-corrected chi connectivity index (χ1v) is 8.95. The second kappa shape index (κ2) is 8.48. The van der Waals surface area contributed by atoms with Gasteiger partial charge in [-0.1, -0.05) is 38.3 Å². The van der Waals surface area contributed by atoms with Crippen LogP contribution in [-0.4, -0.2) is 42.1 Å². The number of hydrogen-bond acceptors (Lipinski definition) is 4. The van der Waals surface area contributed by atoms with Gasteiger partial charge in [-0.05, 0) is 39.8 Å². The third kappa shape index (κ3) is 4.80. The minimum absolute atomic E-state index is 0.0623. The largest absolute Gasteiger partial charge is 0.360 e. The van der Waals surface area contributed by atoms with Crippen molar-refractivity contribution in [2.24, 2.45) is 0 Å². The van der Waals surface area contributed by atoms with Gasteiger partial charge >= 0.3 is 0 Å². The zero-order chi connectivity index (χ0) is 16.8. The first-order valence-electron chi connectivity index (χ1n) is 8.95. The molecule has 5 nitrogen and oxygen atoms in total. The molecule has 0 bridgehead atoms. The molecule has 0 aromatic carbocycles. The third-order valence-corrected chi connectivity index (χ3v) is 4.81. The Labute approximate surface area is 139 Å². The summed E-state index contributed by atoms with van der Waals surface area (Å²) in [6.45, 7) is 7.57. The Kier molecular flexibility index (Phi) is 6.63. The first kappa shape index (κ1) is 18.0. The average Bonchev–Trinajstić information content (AvgIpc) is 2.94. The van der Waals surface area contributed by atoms with E-state index in [-0.39, 0.29) is 11.8 Å². The molecule has 1 amide bonds. The number of rotatable bonds is 7. The van der Waals surface area contributed by atoms with Gasteiger partial charge in [0, 0.05) is 18.5 Å². The van der Waals surface area contributed by atoms with E-state index in [0.717, 1.165) is 19.0 Å². The van der Waals surface area contributed by atoms with Gasteiger partial charge in [-0.25, -0.2) is 0 Å². The summed E-state index contributed by atoms with van der Waals surface area (Å²) < 4.78 is 5.28. The van der Waals surface area contributed by atoms with Crippen LogP contribution in [0.15, 0.2) is 4.52 Å². The molecule has 0 atom stereocenters. The van der Waals surface area contributed by atoms with Crippen molar-refractivity contribution in [2.45, 2.75) is 71.3 Å². The molecule has 1 N–H and O–H groups in total. The Morgan fingerprint density at radius 1 is 1.35 bits per heavy atom. The number of aryl methyl sites for hydroxylation is 1. The van der Waals surface area contributed by atoms with Crippen LogP contribution in [-0.2, 0) is 0 Å². The summed E-state index contributed by atoms with van der Waals surface area (Å²) in [5.74, 6) is 0.779. The van der Waals surface area contributed by atoms with E-state index in [1.807, 2.05) is 20.8 Å². The summed E-state index contributed by atoms with van der Waals surface area (Å²) in [5.41, 5.74) is 1.28. The van der Waals surface area contributed by atoms with E-state index < -0.39 is 0 Å². The molecule has 1 heterocycles. The standard InChI is InChI=1S/C18H31N3O2/c1-13(2)17-16(14(3)20-23-17)18(22)19-11-8-12-21(4)15-9-6-5-7-10-15/h13,15H,5-12H2,1-4H3,(H,19,22). The lowest BCUT2D eigenvalue weighted by molar-refractivity contribution is 0.0947. The number of amides is 1. The number of hydrogen-bond donors (Lipinski definition) is 1. The summed E-state index contributed by atoms with van der Waals surface area (Å²) in [5, 5.41) is 6.95. The fourth-order valence-corrected chi connectivity index (χ4v) is 3.38. The van der Waals surface area contributed by atoms with Crippen LogP contribution in [0, 0.1) is 6.92 Å². The molecule has 1 aromatic rings. The van der Waals surface area contributed by atoms with Crippen molar-refractivity contribution < 1.29 is 9.32 Å². The van der Waals surface area contributed by atoms with E-state index in [0.29, 0.717) is 23.6 Å². The van der Waals surface area contributed by atoms with Crippen molar-refractivity contribution >= 4 is 5.91 Å². The highest BCUT2D eigenvalue weighted by Crippen LogP contribution is 2.22. The van der Waals surface area contributed by atoms with Crippen LogP contribution in [0.2, 0.25) is 0 Å². The molecule has 1 aliphatic rings. The van der Waals surface area contributed by atoms with Gasteiger partial charge in [-0.2, -0.15) is 0 Å². The average molecular weight is 321 g/mol.